The summed E-state index contributed by atoms with van der Waals surface area (Å²) in [6.07, 6.45) is 1.08. The summed E-state index contributed by atoms with van der Waals surface area (Å²) in [5.74, 6) is 1.03. The normalized spacial score (nSPS) is 10.6. The van der Waals surface area contributed by atoms with Gasteiger partial charge in [0.15, 0.2) is 4.34 Å². The highest BCUT2D eigenvalue weighted by Gasteiger charge is 2.01. The van der Waals surface area contributed by atoms with Crippen molar-refractivity contribution in [3.8, 4) is 0 Å². The molecule has 0 saturated heterocycles. The van der Waals surface area contributed by atoms with Gasteiger partial charge >= 0.3 is 0 Å². The Kier molecular flexibility index (Phi) is 3.39. The van der Waals surface area contributed by atoms with Crippen LogP contribution in [0.1, 0.15) is 5.56 Å². The van der Waals surface area contributed by atoms with E-state index in [0.717, 1.165) is 16.5 Å². The number of nitrogens with zero attached hydrogens (tertiary/aromatic N) is 2. The average Bonchev–Trinajstić information content (AvgIpc) is 2.77. The predicted molar refractivity (Wildman–Crippen MR) is 63.1 cm³/mol. The number of aryl methyl sites for hydroxylation is 1. The average molecular weight is 243 g/mol. The number of nitrogens with two attached hydrogens (primary N) is 1. The maximum atomic E-state index is 5.48. The van der Waals surface area contributed by atoms with Crippen molar-refractivity contribution < 1.29 is 0 Å². The second-order valence-corrected chi connectivity index (χ2v) is 5.77. The molecule has 0 aliphatic carbocycles. The van der Waals surface area contributed by atoms with E-state index < -0.39 is 0 Å². The van der Waals surface area contributed by atoms with E-state index in [1.54, 1.807) is 23.1 Å². The highest BCUT2D eigenvalue weighted by molar-refractivity contribution is 8.01. The Bertz CT molecular complexity index is 382. The van der Waals surface area contributed by atoms with Crippen LogP contribution in [0.15, 0.2) is 21.2 Å². The molecule has 2 N–H and O–H groups in total. The van der Waals surface area contributed by atoms with Gasteiger partial charge in [0.2, 0.25) is 5.13 Å². The van der Waals surface area contributed by atoms with Crippen molar-refractivity contribution in [1.29, 1.82) is 0 Å². The number of hydrogen-bond donors (Lipinski definition) is 1. The first-order valence-electron chi connectivity index (χ1n) is 4.07. The highest BCUT2D eigenvalue weighted by Crippen LogP contribution is 2.24. The van der Waals surface area contributed by atoms with E-state index in [9.17, 15) is 0 Å². The predicted octanol–water partition coefficient (Wildman–Crippen LogP) is 2.52. The number of aromatic nitrogens is 2. The summed E-state index contributed by atoms with van der Waals surface area (Å²) in [6, 6.07) is 2.15. The lowest BCUT2D eigenvalue weighted by Gasteiger charge is -1.94. The zero-order chi connectivity index (χ0) is 9.80. The molecule has 0 aromatic carbocycles. The summed E-state index contributed by atoms with van der Waals surface area (Å²) in [5.41, 5.74) is 6.87. The molecule has 2 aromatic heterocycles. The van der Waals surface area contributed by atoms with Gasteiger partial charge in [-0.25, -0.2) is 0 Å². The molecule has 0 atom stereocenters. The summed E-state index contributed by atoms with van der Waals surface area (Å²) in [7, 11) is 0. The molecule has 2 aromatic rings. The van der Waals surface area contributed by atoms with Crippen LogP contribution in [0.2, 0.25) is 0 Å². The molecule has 3 nitrogen and oxygen atoms in total. The van der Waals surface area contributed by atoms with Crippen LogP contribution < -0.4 is 5.73 Å². The third-order valence-electron chi connectivity index (χ3n) is 1.62. The summed E-state index contributed by atoms with van der Waals surface area (Å²) in [6.45, 7) is 0. The molecule has 0 amide bonds. The molecule has 14 heavy (non-hydrogen) atoms. The topological polar surface area (TPSA) is 51.8 Å². The minimum absolute atomic E-state index is 0.544. The minimum atomic E-state index is 0.544. The van der Waals surface area contributed by atoms with Gasteiger partial charge in [0.1, 0.15) is 0 Å². The van der Waals surface area contributed by atoms with Gasteiger partial charge in [0.25, 0.3) is 0 Å². The Morgan fingerprint density at radius 1 is 1.43 bits per heavy atom. The van der Waals surface area contributed by atoms with E-state index in [1.165, 1.54) is 16.9 Å². The lowest BCUT2D eigenvalue weighted by Crippen LogP contribution is -1.84. The van der Waals surface area contributed by atoms with Gasteiger partial charge in [-0.15, -0.1) is 10.2 Å². The van der Waals surface area contributed by atoms with Gasteiger partial charge in [-0.3, -0.25) is 0 Å². The smallest absolute Gasteiger partial charge is 0.203 e. The number of anilines is 1. The van der Waals surface area contributed by atoms with Crippen LogP contribution in [0.3, 0.4) is 0 Å². The molecular formula is C8H9N3S3. The molecule has 0 spiro atoms. The first kappa shape index (κ1) is 9.95. The maximum Gasteiger partial charge on any atom is 0.203 e. The molecule has 2 heterocycles. The van der Waals surface area contributed by atoms with Crippen LogP contribution in [0.4, 0.5) is 5.13 Å². The van der Waals surface area contributed by atoms with Crippen LogP contribution in [0, 0.1) is 0 Å². The van der Waals surface area contributed by atoms with Crippen molar-refractivity contribution in [2.45, 2.75) is 10.8 Å². The van der Waals surface area contributed by atoms with Crippen LogP contribution in [0.5, 0.6) is 0 Å². The van der Waals surface area contributed by atoms with Crippen molar-refractivity contribution in [3.63, 3.8) is 0 Å². The highest BCUT2D eigenvalue weighted by atomic mass is 32.2. The molecule has 6 heteroatoms. The third kappa shape index (κ3) is 2.70. The van der Waals surface area contributed by atoms with Crippen molar-refractivity contribution >= 4 is 39.6 Å². The Balaban J connectivity index is 1.78. The zero-order valence-corrected chi connectivity index (χ0v) is 9.79. The molecule has 2 rings (SSSR count). The van der Waals surface area contributed by atoms with Crippen LogP contribution >= 0.6 is 34.4 Å². The second-order valence-electron chi connectivity index (χ2n) is 2.64. The molecule has 0 saturated carbocycles. The van der Waals surface area contributed by atoms with E-state index in [0.29, 0.717) is 5.13 Å². The standard InChI is InChI=1S/C8H9N3S3/c9-7-10-11-8(14-7)13-4-2-6-1-3-12-5-6/h1,3,5H,2,4H2,(H2,9,10). The van der Waals surface area contributed by atoms with Gasteiger partial charge in [-0.05, 0) is 28.8 Å². The SMILES string of the molecule is Nc1nnc(SCCc2ccsc2)s1. The fraction of sp³-hybridized carbons (Fsp3) is 0.250. The van der Waals surface area contributed by atoms with Gasteiger partial charge in [0.05, 0.1) is 0 Å². The Morgan fingerprint density at radius 3 is 3.00 bits per heavy atom. The summed E-state index contributed by atoms with van der Waals surface area (Å²) in [5, 5.41) is 12.5. The van der Waals surface area contributed by atoms with E-state index in [1.807, 2.05) is 0 Å². The van der Waals surface area contributed by atoms with Gasteiger partial charge in [-0.2, -0.15) is 11.3 Å². The van der Waals surface area contributed by atoms with Crippen molar-refractivity contribution in [2.75, 3.05) is 11.5 Å². The number of nitrogen functional groups attached to an aromatic ring is 1. The molecule has 0 fully saturated rings. The third-order valence-corrected chi connectivity index (χ3v) is 4.24. The molecular weight excluding hydrogens is 234 g/mol. The molecule has 74 valence electrons. The largest absolute Gasteiger partial charge is 0.374 e. The van der Waals surface area contributed by atoms with Crippen LogP contribution in [-0.4, -0.2) is 16.0 Å². The quantitative estimate of drug-likeness (QED) is 0.838. The Hall–Kier alpha value is -0.590. The van der Waals surface area contributed by atoms with E-state index in [4.69, 9.17) is 5.73 Å². The second kappa shape index (κ2) is 4.77. The fourth-order valence-corrected chi connectivity index (χ4v) is 3.37. The van der Waals surface area contributed by atoms with E-state index in [2.05, 4.69) is 27.0 Å². The van der Waals surface area contributed by atoms with Crippen molar-refractivity contribution in [1.82, 2.24) is 10.2 Å². The lowest BCUT2D eigenvalue weighted by atomic mass is 10.3. The molecule has 0 unspecified atom stereocenters. The maximum absolute atomic E-state index is 5.48. The summed E-state index contributed by atoms with van der Waals surface area (Å²) in [4.78, 5) is 0. The summed E-state index contributed by atoms with van der Waals surface area (Å²) < 4.78 is 0.956. The molecule has 0 bridgehead atoms. The van der Waals surface area contributed by atoms with Gasteiger partial charge in [-0.1, -0.05) is 23.1 Å². The fourth-order valence-electron chi connectivity index (χ4n) is 0.970. The van der Waals surface area contributed by atoms with Gasteiger partial charge < -0.3 is 5.73 Å². The molecule has 0 aliphatic rings. The zero-order valence-electron chi connectivity index (χ0n) is 7.34. The lowest BCUT2D eigenvalue weighted by molar-refractivity contribution is 1.01. The number of thioether (sulfide) groups is 1. The monoisotopic (exact) mass is 243 g/mol. The number of thiophene rings is 1. The number of rotatable bonds is 4. The number of hydrogen-bond acceptors (Lipinski definition) is 6. The Morgan fingerprint density at radius 2 is 2.36 bits per heavy atom. The molecule has 0 radical (unpaired) electrons. The summed E-state index contributed by atoms with van der Waals surface area (Å²) >= 11 is 4.89. The van der Waals surface area contributed by atoms with Crippen LogP contribution in [-0.2, 0) is 6.42 Å². The Labute approximate surface area is 94.4 Å². The van der Waals surface area contributed by atoms with E-state index in [-0.39, 0.29) is 0 Å². The van der Waals surface area contributed by atoms with Crippen LogP contribution in [0.25, 0.3) is 0 Å². The first-order valence-corrected chi connectivity index (χ1v) is 6.82. The van der Waals surface area contributed by atoms with Crippen molar-refractivity contribution in [2.24, 2.45) is 0 Å². The minimum Gasteiger partial charge on any atom is -0.374 e. The van der Waals surface area contributed by atoms with Gasteiger partial charge in [0, 0.05) is 5.75 Å². The van der Waals surface area contributed by atoms with Crippen molar-refractivity contribution in [3.05, 3.63) is 22.4 Å². The first-order chi connectivity index (χ1) is 6.84. The molecule has 0 aliphatic heterocycles. The van der Waals surface area contributed by atoms with E-state index >= 15 is 0 Å².